The lowest BCUT2D eigenvalue weighted by atomic mass is 10.3. The van der Waals surface area contributed by atoms with E-state index in [0.29, 0.717) is 17.6 Å². The molecule has 1 N–H and O–H groups in total. The second kappa shape index (κ2) is 6.35. The molecule has 6 heteroatoms. The number of amides is 1. The van der Waals surface area contributed by atoms with Crippen molar-refractivity contribution in [2.24, 2.45) is 5.92 Å². The number of para-hydroxylation sites is 1. The Kier molecular flexibility index (Phi) is 4.08. The lowest BCUT2D eigenvalue weighted by molar-refractivity contribution is -0.118. The number of carbonyl (C=O) groups is 1. The maximum atomic E-state index is 12.0. The monoisotopic (exact) mass is 328 g/mol. The van der Waals surface area contributed by atoms with Gasteiger partial charge in [-0.05, 0) is 43.7 Å². The third-order valence-corrected chi connectivity index (χ3v) is 5.16. The van der Waals surface area contributed by atoms with E-state index >= 15 is 0 Å². The fourth-order valence-corrected chi connectivity index (χ4v) is 3.35. The minimum absolute atomic E-state index is 0.0810. The average molecular weight is 328 g/mol. The van der Waals surface area contributed by atoms with Gasteiger partial charge in [-0.15, -0.1) is 10.2 Å². The van der Waals surface area contributed by atoms with E-state index in [-0.39, 0.29) is 5.91 Å². The van der Waals surface area contributed by atoms with Crippen LogP contribution >= 0.6 is 11.8 Å². The predicted octanol–water partition coefficient (Wildman–Crippen LogP) is 2.76. The van der Waals surface area contributed by atoms with E-state index in [1.807, 2.05) is 18.2 Å². The molecule has 0 aliphatic heterocycles. The first-order valence-corrected chi connectivity index (χ1v) is 9.20. The molecule has 4 rings (SSSR count). The summed E-state index contributed by atoms with van der Waals surface area (Å²) in [6.07, 6.45) is 4.86. The number of thioether (sulfide) groups is 1. The molecule has 1 aromatic carbocycles. The molecule has 1 heterocycles. The number of aromatic nitrogens is 3. The van der Waals surface area contributed by atoms with Crippen LogP contribution in [0.25, 0.3) is 5.69 Å². The molecule has 0 bridgehead atoms. The molecule has 2 saturated carbocycles. The number of rotatable bonds is 7. The van der Waals surface area contributed by atoms with Gasteiger partial charge in [-0.25, -0.2) is 0 Å². The predicted molar refractivity (Wildman–Crippen MR) is 89.8 cm³/mol. The third-order valence-electron chi connectivity index (χ3n) is 4.23. The maximum Gasteiger partial charge on any atom is 0.230 e. The normalized spacial score (nSPS) is 17.2. The Morgan fingerprint density at radius 1 is 1.17 bits per heavy atom. The van der Waals surface area contributed by atoms with Gasteiger partial charge in [0.25, 0.3) is 0 Å². The molecule has 1 aromatic heterocycles. The highest BCUT2D eigenvalue weighted by Gasteiger charge is 2.31. The SMILES string of the molecule is O=C(CSc1nnc(C2CC2)n1-c1ccccc1)NCC1CC1. The molecule has 1 amide bonds. The van der Waals surface area contributed by atoms with Crippen molar-refractivity contribution in [2.75, 3.05) is 12.3 Å². The molecule has 2 aliphatic rings. The van der Waals surface area contributed by atoms with E-state index in [1.165, 1.54) is 37.4 Å². The third kappa shape index (κ3) is 3.58. The van der Waals surface area contributed by atoms with E-state index in [2.05, 4.69) is 32.2 Å². The van der Waals surface area contributed by atoms with Crippen LogP contribution in [0.1, 0.15) is 37.4 Å². The van der Waals surface area contributed by atoms with Crippen molar-refractivity contribution in [1.82, 2.24) is 20.1 Å². The summed E-state index contributed by atoms with van der Waals surface area (Å²) in [4.78, 5) is 12.0. The summed E-state index contributed by atoms with van der Waals surface area (Å²) in [7, 11) is 0. The molecule has 0 atom stereocenters. The summed E-state index contributed by atoms with van der Waals surface area (Å²) >= 11 is 1.47. The van der Waals surface area contributed by atoms with Crippen LogP contribution in [-0.2, 0) is 4.79 Å². The van der Waals surface area contributed by atoms with E-state index in [1.54, 1.807) is 0 Å². The summed E-state index contributed by atoms with van der Waals surface area (Å²) < 4.78 is 2.11. The van der Waals surface area contributed by atoms with Crippen LogP contribution in [0.2, 0.25) is 0 Å². The average Bonchev–Trinajstić information content (AvgIpc) is 3.50. The van der Waals surface area contributed by atoms with Gasteiger partial charge in [-0.3, -0.25) is 9.36 Å². The molecule has 2 aromatic rings. The van der Waals surface area contributed by atoms with Crippen molar-refractivity contribution in [2.45, 2.75) is 36.8 Å². The molecule has 2 fully saturated rings. The maximum absolute atomic E-state index is 12.0. The molecule has 23 heavy (non-hydrogen) atoms. The molecule has 0 radical (unpaired) electrons. The number of hydrogen-bond acceptors (Lipinski definition) is 4. The Morgan fingerprint density at radius 3 is 2.65 bits per heavy atom. The lowest BCUT2D eigenvalue weighted by Crippen LogP contribution is -2.27. The molecule has 0 spiro atoms. The van der Waals surface area contributed by atoms with Crippen LogP contribution in [0.5, 0.6) is 0 Å². The van der Waals surface area contributed by atoms with Gasteiger partial charge >= 0.3 is 0 Å². The Morgan fingerprint density at radius 2 is 1.96 bits per heavy atom. The van der Waals surface area contributed by atoms with E-state index in [0.717, 1.165) is 23.2 Å². The molecule has 0 saturated heterocycles. The van der Waals surface area contributed by atoms with E-state index < -0.39 is 0 Å². The molecule has 0 unspecified atom stereocenters. The van der Waals surface area contributed by atoms with Crippen molar-refractivity contribution in [3.8, 4) is 5.69 Å². The van der Waals surface area contributed by atoms with Gasteiger partial charge in [-0.1, -0.05) is 30.0 Å². The van der Waals surface area contributed by atoms with Gasteiger partial charge < -0.3 is 5.32 Å². The van der Waals surface area contributed by atoms with Gasteiger partial charge in [0.1, 0.15) is 5.82 Å². The van der Waals surface area contributed by atoms with Crippen LogP contribution in [0, 0.1) is 5.92 Å². The lowest BCUT2D eigenvalue weighted by Gasteiger charge is -2.09. The molecule has 120 valence electrons. The van der Waals surface area contributed by atoms with Crippen LogP contribution in [0.3, 0.4) is 0 Å². The summed E-state index contributed by atoms with van der Waals surface area (Å²) in [5.74, 6) is 2.72. The van der Waals surface area contributed by atoms with E-state index in [9.17, 15) is 4.79 Å². The minimum Gasteiger partial charge on any atom is -0.355 e. The van der Waals surface area contributed by atoms with Gasteiger partial charge in [0.2, 0.25) is 5.91 Å². The quantitative estimate of drug-likeness (QED) is 0.794. The van der Waals surface area contributed by atoms with Crippen LogP contribution in [0.4, 0.5) is 0 Å². The topological polar surface area (TPSA) is 59.8 Å². The highest BCUT2D eigenvalue weighted by Crippen LogP contribution is 2.41. The zero-order chi connectivity index (χ0) is 15.6. The number of hydrogen-bond donors (Lipinski definition) is 1. The standard InChI is InChI=1S/C17H20N4OS/c22-15(18-10-12-6-7-12)11-23-17-20-19-16(13-8-9-13)21(17)14-4-2-1-3-5-14/h1-5,12-13H,6-11H2,(H,18,22). The Balaban J connectivity index is 1.48. The van der Waals surface area contributed by atoms with Crippen molar-refractivity contribution in [1.29, 1.82) is 0 Å². The fourth-order valence-electron chi connectivity index (χ4n) is 2.56. The molecular weight excluding hydrogens is 308 g/mol. The Hall–Kier alpha value is -1.82. The Labute approximate surface area is 139 Å². The van der Waals surface area contributed by atoms with Crippen molar-refractivity contribution in [3.63, 3.8) is 0 Å². The molecule has 5 nitrogen and oxygen atoms in total. The van der Waals surface area contributed by atoms with Crippen LogP contribution < -0.4 is 5.32 Å². The second-order valence-electron chi connectivity index (χ2n) is 6.32. The van der Waals surface area contributed by atoms with Crippen molar-refractivity contribution < 1.29 is 4.79 Å². The largest absolute Gasteiger partial charge is 0.355 e. The van der Waals surface area contributed by atoms with Gasteiger partial charge in [-0.2, -0.15) is 0 Å². The number of carbonyl (C=O) groups excluding carboxylic acids is 1. The van der Waals surface area contributed by atoms with E-state index in [4.69, 9.17) is 0 Å². The first kappa shape index (κ1) is 14.8. The molecular formula is C17H20N4OS. The van der Waals surface area contributed by atoms with Gasteiger partial charge in [0.15, 0.2) is 5.16 Å². The molecule has 2 aliphatic carbocycles. The van der Waals surface area contributed by atoms with Crippen molar-refractivity contribution >= 4 is 17.7 Å². The summed E-state index contributed by atoms with van der Waals surface area (Å²) in [5.41, 5.74) is 1.07. The highest BCUT2D eigenvalue weighted by atomic mass is 32.2. The number of nitrogens with one attached hydrogen (secondary N) is 1. The summed E-state index contributed by atoms with van der Waals surface area (Å²) in [6, 6.07) is 10.2. The van der Waals surface area contributed by atoms with Gasteiger partial charge in [0.05, 0.1) is 5.75 Å². The minimum atomic E-state index is 0.0810. The summed E-state index contributed by atoms with van der Waals surface area (Å²) in [5, 5.41) is 12.5. The van der Waals surface area contributed by atoms with Crippen LogP contribution in [-0.4, -0.2) is 33.0 Å². The van der Waals surface area contributed by atoms with Gasteiger partial charge in [0, 0.05) is 18.2 Å². The first-order chi connectivity index (χ1) is 11.3. The van der Waals surface area contributed by atoms with Crippen molar-refractivity contribution in [3.05, 3.63) is 36.2 Å². The number of nitrogens with zero attached hydrogens (tertiary/aromatic N) is 3. The van der Waals surface area contributed by atoms with Crippen LogP contribution in [0.15, 0.2) is 35.5 Å². The smallest absolute Gasteiger partial charge is 0.230 e. The summed E-state index contributed by atoms with van der Waals surface area (Å²) in [6.45, 7) is 0.818. The zero-order valence-electron chi connectivity index (χ0n) is 12.9. The highest BCUT2D eigenvalue weighted by molar-refractivity contribution is 7.99. The first-order valence-electron chi connectivity index (χ1n) is 8.21. The fraction of sp³-hybridized carbons (Fsp3) is 0.471. The number of benzene rings is 1. The zero-order valence-corrected chi connectivity index (χ0v) is 13.8. The second-order valence-corrected chi connectivity index (χ2v) is 7.26. The Bertz CT molecular complexity index is 692.